The number of hydrogen-bond donors (Lipinski definition) is 0. The summed E-state index contributed by atoms with van der Waals surface area (Å²) < 4.78 is 1.75. The third-order valence-electron chi connectivity index (χ3n) is 4.91. The van der Waals surface area contributed by atoms with E-state index < -0.39 is 0 Å². The fraction of sp³-hybridized carbons (Fsp3) is 0.0800. The van der Waals surface area contributed by atoms with E-state index in [-0.39, 0.29) is 5.56 Å². The second-order valence-electron chi connectivity index (χ2n) is 6.78. The lowest BCUT2D eigenvalue weighted by atomic mass is 9.90. The molecule has 0 aliphatic rings. The quantitative estimate of drug-likeness (QED) is 0.464. The molecule has 0 bridgehead atoms. The van der Waals surface area contributed by atoms with Gasteiger partial charge in [-0.3, -0.25) is 4.79 Å². The Morgan fingerprint density at radius 1 is 0.667 bits per heavy atom. The van der Waals surface area contributed by atoms with Crippen LogP contribution in [0.2, 0.25) is 0 Å². The van der Waals surface area contributed by atoms with Crippen molar-refractivity contribution in [2.75, 3.05) is 0 Å². The van der Waals surface area contributed by atoms with Gasteiger partial charge >= 0.3 is 0 Å². The van der Waals surface area contributed by atoms with Crippen molar-refractivity contribution in [2.24, 2.45) is 7.05 Å². The molecule has 0 aliphatic heterocycles. The number of benzene rings is 3. The van der Waals surface area contributed by atoms with Crippen LogP contribution in [0.4, 0.5) is 0 Å². The largest absolute Gasteiger partial charge is 0.311 e. The lowest BCUT2D eigenvalue weighted by Crippen LogP contribution is -2.19. The van der Waals surface area contributed by atoms with Gasteiger partial charge in [0.25, 0.3) is 5.56 Å². The van der Waals surface area contributed by atoms with E-state index >= 15 is 0 Å². The number of aryl methyl sites for hydroxylation is 1. The van der Waals surface area contributed by atoms with Gasteiger partial charge in [-0.2, -0.15) is 0 Å². The minimum absolute atomic E-state index is 0.0101. The molecule has 2 nitrogen and oxygen atoms in total. The van der Waals surface area contributed by atoms with Crippen molar-refractivity contribution >= 4 is 0 Å². The highest BCUT2D eigenvalue weighted by molar-refractivity contribution is 5.92. The van der Waals surface area contributed by atoms with Crippen molar-refractivity contribution in [3.05, 3.63) is 107 Å². The van der Waals surface area contributed by atoms with Crippen molar-refractivity contribution in [1.29, 1.82) is 0 Å². The van der Waals surface area contributed by atoms with Gasteiger partial charge in [0, 0.05) is 18.7 Å². The van der Waals surface area contributed by atoms with Crippen LogP contribution in [0.1, 0.15) is 5.56 Å². The van der Waals surface area contributed by atoms with Crippen LogP contribution < -0.4 is 5.56 Å². The molecule has 4 aromatic rings. The number of pyridine rings is 1. The highest BCUT2D eigenvalue weighted by Gasteiger charge is 2.18. The molecule has 0 spiro atoms. The van der Waals surface area contributed by atoms with Gasteiger partial charge in [-0.05, 0) is 29.2 Å². The molecule has 0 atom stereocenters. The number of aromatic nitrogens is 1. The molecule has 2 heteroatoms. The average Bonchev–Trinajstić information content (AvgIpc) is 2.72. The molecule has 1 aromatic heterocycles. The first-order valence-electron chi connectivity index (χ1n) is 9.07. The molecule has 0 aliphatic carbocycles. The predicted molar refractivity (Wildman–Crippen MR) is 113 cm³/mol. The summed E-state index contributed by atoms with van der Waals surface area (Å²) in [4.78, 5) is 12.8. The lowest BCUT2D eigenvalue weighted by Gasteiger charge is -2.19. The molecule has 0 saturated carbocycles. The molecule has 0 saturated heterocycles. The van der Waals surface area contributed by atoms with Crippen LogP contribution in [-0.2, 0) is 7.05 Å². The smallest absolute Gasteiger partial charge is 0.251 e. The maximum Gasteiger partial charge on any atom is 0.251 e. The van der Waals surface area contributed by atoms with Crippen molar-refractivity contribution in [3.8, 4) is 33.5 Å². The molecule has 1 heterocycles. The van der Waals surface area contributed by atoms with Crippen molar-refractivity contribution in [2.45, 2.75) is 6.92 Å². The van der Waals surface area contributed by atoms with Crippen molar-refractivity contribution in [1.82, 2.24) is 4.57 Å². The molecular formula is C25H21NO. The minimum atomic E-state index is -0.0101. The summed E-state index contributed by atoms with van der Waals surface area (Å²) in [6.07, 6.45) is 0. The molecule has 3 aromatic carbocycles. The van der Waals surface area contributed by atoms with Crippen LogP contribution in [0, 0.1) is 6.92 Å². The van der Waals surface area contributed by atoms with Crippen molar-refractivity contribution < 1.29 is 0 Å². The first kappa shape index (κ1) is 17.0. The van der Waals surface area contributed by atoms with E-state index in [0.717, 1.165) is 33.5 Å². The standard InChI is InChI=1S/C25H21NO/c1-18-13-15-21(16-14-18)25-24(20-11-7-4-8-12-20)22(17-23(27)26(25)2)19-9-5-3-6-10-19/h3-17H,1-2H3. The SMILES string of the molecule is Cc1ccc(-c2c(-c3ccccc3)c(-c3ccccc3)cc(=O)n2C)cc1. The molecule has 0 amide bonds. The summed E-state index contributed by atoms with van der Waals surface area (Å²) in [5.74, 6) is 0. The molecule has 0 fully saturated rings. The molecule has 132 valence electrons. The van der Waals surface area contributed by atoms with E-state index in [4.69, 9.17) is 0 Å². The van der Waals surface area contributed by atoms with Gasteiger partial charge in [0.15, 0.2) is 0 Å². The van der Waals surface area contributed by atoms with E-state index in [1.165, 1.54) is 5.56 Å². The second kappa shape index (κ2) is 7.08. The van der Waals surface area contributed by atoms with E-state index in [1.807, 2.05) is 43.4 Å². The Bertz CT molecular complexity index is 1120. The first-order chi connectivity index (χ1) is 13.1. The second-order valence-corrected chi connectivity index (χ2v) is 6.78. The maximum atomic E-state index is 12.8. The average molecular weight is 351 g/mol. The van der Waals surface area contributed by atoms with Crippen LogP contribution in [0.25, 0.3) is 33.5 Å². The first-order valence-corrected chi connectivity index (χ1v) is 9.07. The molecule has 0 unspecified atom stereocenters. The van der Waals surface area contributed by atoms with Crippen LogP contribution in [-0.4, -0.2) is 4.57 Å². The normalized spacial score (nSPS) is 10.7. The van der Waals surface area contributed by atoms with Crippen LogP contribution in [0.15, 0.2) is 95.8 Å². The van der Waals surface area contributed by atoms with E-state index in [9.17, 15) is 4.79 Å². The Balaban J connectivity index is 2.12. The predicted octanol–water partition coefficient (Wildman–Crippen LogP) is 5.69. The van der Waals surface area contributed by atoms with Gasteiger partial charge in [-0.15, -0.1) is 0 Å². The number of nitrogens with zero attached hydrogens (tertiary/aromatic N) is 1. The van der Waals surface area contributed by atoms with Gasteiger partial charge in [0.1, 0.15) is 0 Å². The Kier molecular flexibility index (Phi) is 4.47. The highest BCUT2D eigenvalue weighted by Crippen LogP contribution is 2.38. The van der Waals surface area contributed by atoms with Crippen LogP contribution in [0.3, 0.4) is 0 Å². The molecular weight excluding hydrogens is 330 g/mol. The Hall–Kier alpha value is -3.39. The molecule has 27 heavy (non-hydrogen) atoms. The highest BCUT2D eigenvalue weighted by atomic mass is 16.1. The van der Waals surface area contributed by atoms with E-state index in [1.54, 1.807) is 10.6 Å². The lowest BCUT2D eigenvalue weighted by molar-refractivity contribution is 0.873. The molecule has 0 radical (unpaired) electrons. The van der Waals surface area contributed by atoms with Gasteiger partial charge in [-0.25, -0.2) is 0 Å². The van der Waals surface area contributed by atoms with Gasteiger partial charge in [0.05, 0.1) is 5.69 Å². The number of rotatable bonds is 3. The Morgan fingerprint density at radius 2 is 1.22 bits per heavy atom. The van der Waals surface area contributed by atoms with E-state index in [2.05, 4.69) is 55.5 Å². The zero-order valence-electron chi connectivity index (χ0n) is 15.5. The summed E-state index contributed by atoms with van der Waals surface area (Å²) in [6, 6.07) is 30.5. The zero-order chi connectivity index (χ0) is 18.8. The molecule has 0 N–H and O–H groups in total. The summed E-state index contributed by atoms with van der Waals surface area (Å²) in [7, 11) is 1.85. The topological polar surface area (TPSA) is 22.0 Å². The number of hydrogen-bond acceptors (Lipinski definition) is 1. The summed E-state index contributed by atoms with van der Waals surface area (Å²) in [6.45, 7) is 2.07. The van der Waals surface area contributed by atoms with Gasteiger partial charge in [0.2, 0.25) is 0 Å². The molecule has 4 rings (SSSR count). The zero-order valence-corrected chi connectivity index (χ0v) is 15.5. The Labute approximate surface area is 159 Å². The minimum Gasteiger partial charge on any atom is -0.311 e. The van der Waals surface area contributed by atoms with Crippen molar-refractivity contribution in [3.63, 3.8) is 0 Å². The van der Waals surface area contributed by atoms with Crippen LogP contribution >= 0.6 is 0 Å². The fourth-order valence-electron chi connectivity index (χ4n) is 3.49. The maximum absolute atomic E-state index is 12.8. The summed E-state index contributed by atoms with van der Waals surface area (Å²) in [5.41, 5.74) is 7.34. The Morgan fingerprint density at radius 3 is 1.81 bits per heavy atom. The third kappa shape index (κ3) is 3.22. The fourth-order valence-corrected chi connectivity index (χ4v) is 3.49. The van der Waals surface area contributed by atoms with Gasteiger partial charge in [-0.1, -0.05) is 90.5 Å². The summed E-state index contributed by atoms with van der Waals surface area (Å²) >= 11 is 0. The van der Waals surface area contributed by atoms with Crippen LogP contribution in [0.5, 0.6) is 0 Å². The third-order valence-corrected chi connectivity index (χ3v) is 4.91. The van der Waals surface area contributed by atoms with Gasteiger partial charge < -0.3 is 4.57 Å². The summed E-state index contributed by atoms with van der Waals surface area (Å²) in [5, 5.41) is 0. The monoisotopic (exact) mass is 351 g/mol. The van der Waals surface area contributed by atoms with E-state index in [0.29, 0.717) is 0 Å².